The Balaban J connectivity index is 2.39. The van der Waals surface area contributed by atoms with Gasteiger partial charge in [0.15, 0.2) is 0 Å². The van der Waals surface area contributed by atoms with E-state index in [4.69, 9.17) is 5.73 Å². The fourth-order valence-corrected chi connectivity index (χ4v) is 5.34. The summed E-state index contributed by atoms with van der Waals surface area (Å²) >= 11 is 0. The average Bonchev–Trinajstić information content (AvgIpc) is 2.52. The molecule has 0 aliphatic carbocycles. The molecule has 1 aromatic rings. The van der Waals surface area contributed by atoms with Crippen molar-refractivity contribution in [3.8, 4) is 0 Å². The van der Waals surface area contributed by atoms with E-state index in [1.807, 2.05) is 27.7 Å². The van der Waals surface area contributed by atoms with Gasteiger partial charge in [-0.25, -0.2) is 8.42 Å². The normalized spacial score (nSPS) is 17.7. The van der Waals surface area contributed by atoms with E-state index in [9.17, 15) is 8.42 Å². The van der Waals surface area contributed by atoms with Crippen LogP contribution in [-0.2, 0) is 10.0 Å². The number of piperazine rings is 1. The molecule has 5 nitrogen and oxygen atoms in total. The average molecular weight is 340 g/mol. The lowest BCUT2D eigenvalue weighted by Crippen LogP contribution is -2.49. The smallest absolute Gasteiger partial charge is 0.243 e. The van der Waals surface area contributed by atoms with Gasteiger partial charge in [-0.3, -0.25) is 4.90 Å². The Morgan fingerprint density at radius 3 is 1.70 bits per heavy atom. The third kappa shape index (κ3) is 3.31. The van der Waals surface area contributed by atoms with Crippen molar-refractivity contribution in [3.63, 3.8) is 0 Å². The number of nitrogens with zero attached hydrogens (tertiary/aromatic N) is 2. The first-order valence-corrected chi connectivity index (χ1v) is 9.65. The van der Waals surface area contributed by atoms with E-state index in [2.05, 4.69) is 11.8 Å². The van der Waals surface area contributed by atoms with Crippen LogP contribution in [0.25, 0.3) is 0 Å². The predicted octanol–water partition coefficient (Wildman–Crippen LogP) is 1.49. The maximum absolute atomic E-state index is 13.2. The second kappa shape index (κ2) is 6.89. The van der Waals surface area contributed by atoms with E-state index in [1.165, 1.54) is 5.56 Å². The number of nitrogens with two attached hydrogens (primary N) is 1. The van der Waals surface area contributed by atoms with Gasteiger partial charge in [0, 0.05) is 39.3 Å². The highest BCUT2D eigenvalue weighted by Crippen LogP contribution is 2.31. The van der Waals surface area contributed by atoms with Crippen molar-refractivity contribution >= 4 is 10.0 Å². The van der Waals surface area contributed by atoms with Gasteiger partial charge in [-0.2, -0.15) is 4.31 Å². The van der Waals surface area contributed by atoms with E-state index >= 15 is 0 Å². The molecule has 1 aromatic carbocycles. The number of benzene rings is 1. The van der Waals surface area contributed by atoms with Gasteiger partial charge in [-0.15, -0.1) is 0 Å². The topological polar surface area (TPSA) is 66.6 Å². The maximum Gasteiger partial charge on any atom is 0.243 e. The van der Waals surface area contributed by atoms with Crippen LogP contribution in [0.1, 0.15) is 27.8 Å². The molecule has 1 saturated heterocycles. The molecular weight excluding hydrogens is 310 g/mol. The van der Waals surface area contributed by atoms with Crippen molar-refractivity contribution in [2.45, 2.75) is 39.5 Å². The first-order chi connectivity index (χ1) is 10.7. The summed E-state index contributed by atoms with van der Waals surface area (Å²) in [6.07, 6.45) is 0. The molecule has 0 bridgehead atoms. The fourth-order valence-electron chi connectivity index (χ4n) is 3.36. The van der Waals surface area contributed by atoms with Crippen LogP contribution in [0.15, 0.2) is 4.90 Å². The standard InChI is InChI=1S/C17H29N3O2S/c1-12-13(2)15(4)17(16(5)14(12)3)23(21,22)20-10-8-19(7-6-18)9-11-20/h6-11,18H2,1-5H3. The molecule has 0 amide bonds. The summed E-state index contributed by atoms with van der Waals surface area (Å²) < 4.78 is 28.0. The largest absolute Gasteiger partial charge is 0.329 e. The molecule has 1 heterocycles. The molecule has 0 aromatic heterocycles. The van der Waals surface area contributed by atoms with Gasteiger partial charge in [0.25, 0.3) is 0 Å². The highest BCUT2D eigenvalue weighted by Gasteiger charge is 2.32. The van der Waals surface area contributed by atoms with Gasteiger partial charge in [-0.1, -0.05) is 0 Å². The Labute approximate surface area is 140 Å². The quantitative estimate of drug-likeness (QED) is 0.903. The van der Waals surface area contributed by atoms with Gasteiger partial charge in [0.05, 0.1) is 4.90 Å². The minimum absolute atomic E-state index is 0.505. The first kappa shape index (κ1) is 18.4. The van der Waals surface area contributed by atoms with Crippen molar-refractivity contribution in [2.75, 3.05) is 39.3 Å². The Bertz CT molecular complexity index is 661. The van der Waals surface area contributed by atoms with Crippen LogP contribution in [0.4, 0.5) is 0 Å². The monoisotopic (exact) mass is 339 g/mol. The lowest BCUT2D eigenvalue weighted by Gasteiger charge is -2.34. The Morgan fingerprint density at radius 2 is 1.26 bits per heavy atom. The lowest BCUT2D eigenvalue weighted by molar-refractivity contribution is 0.192. The molecule has 6 heteroatoms. The Hall–Kier alpha value is -0.950. The zero-order chi connectivity index (χ0) is 17.4. The molecular formula is C17H29N3O2S. The summed E-state index contributed by atoms with van der Waals surface area (Å²) in [5, 5.41) is 0. The molecule has 0 unspecified atom stereocenters. The van der Waals surface area contributed by atoms with Crippen molar-refractivity contribution in [3.05, 3.63) is 27.8 Å². The molecule has 0 spiro atoms. The SMILES string of the molecule is Cc1c(C)c(C)c(S(=O)(=O)N2CCN(CCN)CC2)c(C)c1C. The van der Waals surface area contributed by atoms with Crippen molar-refractivity contribution < 1.29 is 8.42 Å². The van der Waals surface area contributed by atoms with Crippen molar-refractivity contribution in [1.82, 2.24) is 9.21 Å². The lowest BCUT2D eigenvalue weighted by atomic mass is 9.95. The number of sulfonamides is 1. The molecule has 130 valence electrons. The summed E-state index contributed by atoms with van der Waals surface area (Å²) in [4.78, 5) is 2.72. The second-order valence-electron chi connectivity index (χ2n) is 6.49. The molecule has 2 N–H and O–H groups in total. The summed E-state index contributed by atoms with van der Waals surface area (Å²) in [5.74, 6) is 0. The van der Waals surface area contributed by atoms with Crippen LogP contribution in [0.2, 0.25) is 0 Å². The van der Waals surface area contributed by atoms with E-state index in [0.29, 0.717) is 24.5 Å². The van der Waals surface area contributed by atoms with Crippen LogP contribution in [0.5, 0.6) is 0 Å². The highest BCUT2D eigenvalue weighted by molar-refractivity contribution is 7.89. The highest BCUT2D eigenvalue weighted by atomic mass is 32.2. The van der Waals surface area contributed by atoms with E-state index in [1.54, 1.807) is 4.31 Å². The second-order valence-corrected chi connectivity index (χ2v) is 8.36. The van der Waals surface area contributed by atoms with Gasteiger partial charge in [-0.05, 0) is 62.4 Å². The third-order valence-electron chi connectivity index (χ3n) is 5.31. The minimum Gasteiger partial charge on any atom is -0.329 e. The van der Waals surface area contributed by atoms with Crippen LogP contribution < -0.4 is 5.73 Å². The van der Waals surface area contributed by atoms with E-state index < -0.39 is 10.0 Å². The molecule has 0 saturated carbocycles. The summed E-state index contributed by atoms with van der Waals surface area (Å²) in [7, 11) is -3.45. The minimum atomic E-state index is -3.45. The van der Waals surface area contributed by atoms with Crippen molar-refractivity contribution in [1.29, 1.82) is 0 Å². The van der Waals surface area contributed by atoms with Crippen LogP contribution >= 0.6 is 0 Å². The number of rotatable bonds is 4. The molecule has 0 radical (unpaired) electrons. The van der Waals surface area contributed by atoms with Gasteiger partial charge >= 0.3 is 0 Å². The molecule has 1 aliphatic rings. The van der Waals surface area contributed by atoms with Crippen LogP contribution in [-0.4, -0.2) is 56.9 Å². The van der Waals surface area contributed by atoms with Crippen molar-refractivity contribution in [2.24, 2.45) is 5.73 Å². The van der Waals surface area contributed by atoms with Crippen LogP contribution in [0.3, 0.4) is 0 Å². The zero-order valence-corrected chi connectivity index (χ0v) is 15.8. The maximum atomic E-state index is 13.2. The van der Waals surface area contributed by atoms with E-state index in [-0.39, 0.29) is 0 Å². The predicted molar refractivity (Wildman–Crippen MR) is 94.4 cm³/mol. The molecule has 0 atom stereocenters. The molecule has 23 heavy (non-hydrogen) atoms. The van der Waals surface area contributed by atoms with Crippen LogP contribution in [0, 0.1) is 34.6 Å². The molecule has 1 fully saturated rings. The third-order valence-corrected chi connectivity index (χ3v) is 7.48. The molecule has 2 rings (SSSR count). The zero-order valence-electron chi connectivity index (χ0n) is 14.9. The fraction of sp³-hybridized carbons (Fsp3) is 0.647. The summed E-state index contributed by atoms with van der Waals surface area (Å²) in [5.41, 5.74) is 10.7. The number of hydrogen-bond donors (Lipinski definition) is 1. The Morgan fingerprint density at radius 1 is 0.826 bits per heavy atom. The van der Waals surface area contributed by atoms with Gasteiger partial charge in [0.2, 0.25) is 10.0 Å². The Kier molecular flexibility index (Phi) is 5.51. The molecule has 1 aliphatic heterocycles. The van der Waals surface area contributed by atoms with Gasteiger partial charge in [0.1, 0.15) is 0 Å². The first-order valence-electron chi connectivity index (χ1n) is 8.21. The number of hydrogen-bond acceptors (Lipinski definition) is 4. The summed E-state index contributed by atoms with van der Waals surface area (Å²) in [6, 6.07) is 0. The van der Waals surface area contributed by atoms with Gasteiger partial charge < -0.3 is 5.73 Å². The van der Waals surface area contributed by atoms with E-state index in [0.717, 1.165) is 41.9 Å². The summed E-state index contributed by atoms with van der Waals surface area (Å²) in [6.45, 7) is 13.9.